The summed E-state index contributed by atoms with van der Waals surface area (Å²) in [7, 11) is 0. The number of rotatable bonds is 8. The van der Waals surface area contributed by atoms with Crippen molar-refractivity contribution in [2.75, 3.05) is 11.9 Å². The van der Waals surface area contributed by atoms with Crippen LogP contribution in [0.15, 0.2) is 66.1 Å². The summed E-state index contributed by atoms with van der Waals surface area (Å²) >= 11 is 0. The summed E-state index contributed by atoms with van der Waals surface area (Å²) < 4.78 is 17.2. The lowest BCUT2D eigenvalue weighted by atomic mass is 10.1. The van der Waals surface area contributed by atoms with Crippen LogP contribution in [0.3, 0.4) is 0 Å². The third-order valence-corrected chi connectivity index (χ3v) is 6.15. The minimum atomic E-state index is -0.589. The van der Waals surface area contributed by atoms with Crippen LogP contribution in [-0.2, 0) is 24.2 Å². The van der Waals surface area contributed by atoms with E-state index in [0.29, 0.717) is 55.8 Å². The van der Waals surface area contributed by atoms with Crippen molar-refractivity contribution in [1.29, 1.82) is 0 Å². The van der Waals surface area contributed by atoms with Crippen LogP contribution in [0.2, 0.25) is 0 Å². The molecular formula is C25H25FN6O2. The Hall–Kier alpha value is -4.01. The minimum Gasteiger partial charge on any atom is -0.379 e. The summed E-state index contributed by atoms with van der Waals surface area (Å²) in [5.41, 5.74) is 2.65. The van der Waals surface area contributed by atoms with Crippen LogP contribution in [0, 0.1) is 5.82 Å². The van der Waals surface area contributed by atoms with Crippen LogP contribution in [0.25, 0.3) is 5.52 Å². The van der Waals surface area contributed by atoms with Gasteiger partial charge in [-0.2, -0.15) is 0 Å². The van der Waals surface area contributed by atoms with Crippen LogP contribution < -0.4 is 16.2 Å². The number of anilines is 1. The van der Waals surface area contributed by atoms with E-state index in [1.807, 2.05) is 28.9 Å². The number of amides is 1. The molecule has 0 spiro atoms. The molecule has 0 aliphatic carbocycles. The number of nitrogens with zero attached hydrogens (tertiary/aromatic N) is 4. The highest BCUT2D eigenvalue weighted by atomic mass is 19.1. The van der Waals surface area contributed by atoms with Gasteiger partial charge in [-0.1, -0.05) is 18.2 Å². The van der Waals surface area contributed by atoms with Gasteiger partial charge in [-0.05, 0) is 42.5 Å². The Morgan fingerprint density at radius 1 is 1.24 bits per heavy atom. The lowest BCUT2D eigenvalue weighted by molar-refractivity contribution is -0.124. The van der Waals surface area contributed by atoms with Gasteiger partial charge in [0.05, 0.1) is 17.9 Å². The summed E-state index contributed by atoms with van der Waals surface area (Å²) in [5, 5.41) is 6.06. The predicted octanol–water partition coefficient (Wildman–Crippen LogP) is 2.88. The maximum absolute atomic E-state index is 13.8. The number of halogens is 1. The molecule has 1 aliphatic heterocycles. The Balaban J connectivity index is 1.22. The molecule has 1 amide bonds. The topological polar surface area (TPSA) is 93.3 Å². The maximum Gasteiger partial charge on any atom is 0.277 e. The number of aromatic nitrogens is 4. The summed E-state index contributed by atoms with van der Waals surface area (Å²) in [6.07, 6.45) is 11.1. The molecule has 0 unspecified atom stereocenters. The molecule has 174 valence electrons. The highest BCUT2D eigenvalue weighted by Gasteiger charge is 2.31. The Bertz CT molecular complexity index is 1360. The van der Waals surface area contributed by atoms with E-state index in [-0.39, 0.29) is 17.3 Å². The van der Waals surface area contributed by atoms with Crippen LogP contribution in [0.4, 0.5) is 10.1 Å². The fourth-order valence-electron chi connectivity index (χ4n) is 4.40. The summed E-state index contributed by atoms with van der Waals surface area (Å²) in [6, 6.07) is 8.06. The van der Waals surface area contributed by atoms with E-state index in [1.54, 1.807) is 24.5 Å². The number of benzene rings is 1. The first kappa shape index (κ1) is 21.8. The molecule has 0 radical (unpaired) electrons. The number of carbonyl (C=O) groups excluding carboxylic acids is 1. The van der Waals surface area contributed by atoms with Crippen molar-refractivity contribution in [2.24, 2.45) is 0 Å². The van der Waals surface area contributed by atoms with Gasteiger partial charge in [-0.25, -0.2) is 9.37 Å². The van der Waals surface area contributed by atoms with Crippen LogP contribution in [0.1, 0.15) is 35.8 Å². The number of carbonyl (C=O) groups is 1. The van der Waals surface area contributed by atoms with Crippen molar-refractivity contribution in [2.45, 2.75) is 38.3 Å². The molecule has 5 rings (SSSR count). The molecule has 9 heteroatoms. The number of aryl methyl sites for hydroxylation is 2. The van der Waals surface area contributed by atoms with Gasteiger partial charge in [0.25, 0.3) is 5.56 Å². The number of hydrogen-bond donors (Lipinski definition) is 2. The number of fused-ring (bicyclic) bond motifs is 2. The molecule has 4 heterocycles. The highest BCUT2D eigenvalue weighted by molar-refractivity contribution is 5.81. The minimum absolute atomic E-state index is 0.201. The number of hydrogen-bond acceptors (Lipinski definition) is 5. The molecule has 2 N–H and O–H groups in total. The van der Waals surface area contributed by atoms with Gasteiger partial charge in [0, 0.05) is 38.1 Å². The van der Waals surface area contributed by atoms with Crippen molar-refractivity contribution in [3.8, 4) is 0 Å². The van der Waals surface area contributed by atoms with E-state index in [1.165, 1.54) is 16.8 Å². The predicted molar refractivity (Wildman–Crippen MR) is 126 cm³/mol. The molecule has 3 aromatic heterocycles. The summed E-state index contributed by atoms with van der Waals surface area (Å²) in [5.74, 6) is 0.191. The SMILES string of the molecule is O=C(NCc1cc2cnccn2c1)[C@@H]1CCc2ncc(NCCCc3ccccc3F)c(=O)n21. The molecule has 0 saturated heterocycles. The Labute approximate surface area is 195 Å². The number of nitrogens with one attached hydrogen (secondary N) is 2. The summed E-state index contributed by atoms with van der Waals surface area (Å²) in [4.78, 5) is 34.5. The van der Waals surface area contributed by atoms with E-state index >= 15 is 0 Å². The van der Waals surface area contributed by atoms with Gasteiger partial charge in [0.15, 0.2) is 0 Å². The van der Waals surface area contributed by atoms with Crippen LogP contribution >= 0.6 is 0 Å². The van der Waals surface area contributed by atoms with E-state index in [4.69, 9.17) is 0 Å². The van der Waals surface area contributed by atoms with E-state index in [9.17, 15) is 14.0 Å². The van der Waals surface area contributed by atoms with Crippen molar-refractivity contribution < 1.29 is 9.18 Å². The molecule has 0 saturated carbocycles. The molecule has 4 aromatic rings. The lowest BCUT2D eigenvalue weighted by Gasteiger charge is -2.15. The normalized spacial score (nSPS) is 14.8. The Morgan fingerprint density at radius 2 is 2.12 bits per heavy atom. The van der Waals surface area contributed by atoms with Crippen molar-refractivity contribution in [3.63, 3.8) is 0 Å². The van der Waals surface area contributed by atoms with Crippen molar-refractivity contribution in [3.05, 3.63) is 94.4 Å². The van der Waals surface area contributed by atoms with E-state index < -0.39 is 6.04 Å². The zero-order chi connectivity index (χ0) is 23.5. The van der Waals surface area contributed by atoms with Gasteiger partial charge in [0.2, 0.25) is 5.91 Å². The first-order valence-corrected chi connectivity index (χ1v) is 11.4. The molecule has 1 aromatic carbocycles. The smallest absolute Gasteiger partial charge is 0.277 e. The highest BCUT2D eigenvalue weighted by Crippen LogP contribution is 2.23. The average molecular weight is 461 g/mol. The second-order valence-corrected chi connectivity index (χ2v) is 8.41. The fraction of sp³-hybridized carbons (Fsp3) is 0.280. The van der Waals surface area contributed by atoms with E-state index in [0.717, 1.165) is 11.1 Å². The largest absolute Gasteiger partial charge is 0.379 e. The Kier molecular flexibility index (Phi) is 6.07. The Morgan fingerprint density at radius 3 is 2.97 bits per heavy atom. The molecule has 0 fully saturated rings. The molecule has 8 nitrogen and oxygen atoms in total. The quantitative estimate of drug-likeness (QED) is 0.395. The summed E-state index contributed by atoms with van der Waals surface area (Å²) in [6.45, 7) is 0.862. The molecule has 0 bridgehead atoms. The third-order valence-electron chi connectivity index (χ3n) is 6.15. The van der Waals surface area contributed by atoms with Crippen LogP contribution in [-0.4, -0.2) is 31.4 Å². The lowest BCUT2D eigenvalue weighted by Crippen LogP contribution is -2.36. The second-order valence-electron chi connectivity index (χ2n) is 8.41. The zero-order valence-corrected chi connectivity index (χ0v) is 18.6. The van der Waals surface area contributed by atoms with Crippen molar-refractivity contribution >= 4 is 17.1 Å². The standard InChI is InChI=1S/C25H25FN6O2/c26-20-6-2-1-4-18(20)5-3-9-28-21-15-29-23-8-7-22(32(23)25(21)34)24(33)30-13-17-12-19-14-27-10-11-31(19)16-17/h1-2,4,6,10-12,14-16,22,28H,3,5,7-9,13H2,(H,30,33)/t22-/m0/s1. The van der Waals surface area contributed by atoms with Gasteiger partial charge < -0.3 is 15.0 Å². The zero-order valence-electron chi connectivity index (χ0n) is 18.6. The average Bonchev–Trinajstić information content (AvgIpc) is 3.47. The van der Waals surface area contributed by atoms with Crippen LogP contribution in [0.5, 0.6) is 0 Å². The monoisotopic (exact) mass is 460 g/mol. The molecule has 34 heavy (non-hydrogen) atoms. The third kappa shape index (κ3) is 4.41. The molecule has 1 atom stereocenters. The van der Waals surface area contributed by atoms with Gasteiger partial charge in [-0.15, -0.1) is 0 Å². The molecular weight excluding hydrogens is 435 g/mol. The fourth-order valence-corrected chi connectivity index (χ4v) is 4.40. The first-order valence-electron chi connectivity index (χ1n) is 11.4. The first-order chi connectivity index (χ1) is 16.6. The van der Waals surface area contributed by atoms with Crippen molar-refractivity contribution in [1.82, 2.24) is 24.3 Å². The van der Waals surface area contributed by atoms with Gasteiger partial charge in [0.1, 0.15) is 23.4 Å². The van der Waals surface area contributed by atoms with Gasteiger partial charge >= 0.3 is 0 Å². The second kappa shape index (κ2) is 9.46. The molecule has 1 aliphatic rings. The van der Waals surface area contributed by atoms with E-state index in [2.05, 4.69) is 20.6 Å². The van der Waals surface area contributed by atoms with Gasteiger partial charge in [-0.3, -0.25) is 19.1 Å². The maximum atomic E-state index is 13.8.